The van der Waals surface area contributed by atoms with Crippen molar-refractivity contribution in [3.8, 4) is 0 Å². The molecule has 0 aliphatic rings. The third-order valence-electron chi connectivity index (χ3n) is 1.66. The van der Waals surface area contributed by atoms with Crippen molar-refractivity contribution in [1.82, 2.24) is 0 Å². The normalized spacial score (nSPS) is 13.1. The highest BCUT2D eigenvalue weighted by Crippen LogP contribution is 2.12. The minimum Gasteiger partial charge on any atom is -0.457 e. The summed E-state index contributed by atoms with van der Waals surface area (Å²) in [6.07, 6.45) is 0.322. The Hall–Kier alpha value is -1.10. The maximum Gasteiger partial charge on any atom is 0.347 e. The van der Waals surface area contributed by atoms with E-state index in [1.807, 2.05) is 6.92 Å². The summed E-state index contributed by atoms with van der Waals surface area (Å²) < 4.78 is 10.1. The van der Waals surface area contributed by atoms with E-state index in [0.29, 0.717) is 6.42 Å². The van der Waals surface area contributed by atoms with Gasteiger partial charge in [-0.05, 0) is 27.2 Å². The quantitative estimate of drug-likeness (QED) is 0.714. The number of rotatable bonds is 5. The molecule has 1 unspecified atom stereocenters. The SMILES string of the molecule is CCCC(OC(=O)CN)C(=O)OC(C)(C)C. The zero-order valence-electron chi connectivity index (χ0n) is 10.4. The smallest absolute Gasteiger partial charge is 0.347 e. The van der Waals surface area contributed by atoms with E-state index in [1.54, 1.807) is 20.8 Å². The lowest BCUT2D eigenvalue weighted by Crippen LogP contribution is -2.36. The highest BCUT2D eigenvalue weighted by molar-refractivity contribution is 5.80. The highest BCUT2D eigenvalue weighted by atomic mass is 16.6. The molecule has 0 aliphatic carbocycles. The largest absolute Gasteiger partial charge is 0.457 e. The van der Waals surface area contributed by atoms with E-state index in [2.05, 4.69) is 0 Å². The third kappa shape index (κ3) is 6.40. The summed E-state index contributed by atoms with van der Waals surface area (Å²) >= 11 is 0. The topological polar surface area (TPSA) is 78.6 Å². The summed E-state index contributed by atoms with van der Waals surface area (Å²) in [7, 11) is 0. The summed E-state index contributed by atoms with van der Waals surface area (Å²) in [4.78, 5) is 22.7. The van der Waals surface area contributed by atoms with Gasteiger partial charge < -0.3 is 15.2 Å². The molecule has 0 rings (SSSR count). The standard InChI is InChI=1S/C11H21NO4/c1-5-6-8(15-9(13)7-12)10(14)16-11(2,3)4/h8H,5-7,12H2,1-4H3. The number of hydrogen-bond donors (Lipinski definition) is 1. The van der Waals surface area contributed by atoms with E-state index in [1.165, 1.54) is 0 Å². The molecule has 0 radical (unpaired) electrons. The van der Waals surface area contributed by atoms with Crippen LogP contribution in [0.25, 0.3) is 0 Å². The van der Waals surface area contributed by atoms with Gasteiger partial charge in [0.15, 0.2) is 6.10 Å². The molecule has 0 heterocycles. The van der Waals surface area contributed by atoms with Crippen molar-refractivity contribution >= 4 is 11.9 Å². The Morgan fingerprint density at radius 1 is 1.31 bits per heavy atom. The van der Waals surface area contributed by atoms with Gasteiger partial charge in [-0.1, -0.05) is 13.3 Å². The fraction of sp³-hybridized carbons (Fsp3) is 0.818. The minimum atomic E-state index is -0.847. The molecule has 0 aromatic carbocycles. The van der Waals surface area contributed by atoms with Gasteiger partial charge in [-0.15, -0.1) is 0 Å². The van der Waals surface area contributed by atoms with Gasteiger partial charge in [-0.2, -0.15) is 0 Å². The second kappa shape index (κ2) is 6.48. The van der Waals surface area contributed by atoms with Crippen LogP contribution in [0.3, 0.4) is 0 Å². The highest BCUT2D eigenvalue weighted by Gasteiger charge is 2.27. The van der Waals surface area contributed by atoms with Gasteiger partial charge in [0.05, 0.1) is 6.54 Å². The fourth-order valence-corrected chi connectivity index (χ4v) is 1.06. The molecule has 5 heteroatoms. The summed E-state index contributed by atoms with van der Waals surface area (Å²) in [5.41, 5.74) is 4.53. The molecular formula is C11H21NO4. The number of esters is 2. The Morgan fingerprint density at radius 3 is 2.25 bits per heavy atom. The van der Waals surface area contributed by atoms with Crippen LogP contribution in [0.15, 0.2) is 0 Å². The lowest BCUT2D eigenvalue weighted by Gasteiger charge is -2.23. The number of hydrogen-bond acceptors (Lipinski definition) is 5. The van der Waals surface area contributed by atoms with Crippen LogP contribution in [0, 0.1) is 0 Å². The molecule has 0 fully saturated rings. The summed E-state index contributed by atoms with van der Waals surface area (Å²) in [5, 5.41) is 0. The molecule has 1 atom stereocenters. The van der Waals surface area contributed by atoms with Crippen molar-refractivity contribution in [2.45, 2.75) is 52.2 Å². The number of carbonyl (C=O) groups excluding carboxylic acids is 2. The van der Waals surface area contributed by atoms with Crippen molar-refractivity contribution in [3.63, 3.8) is 0 Å². The molecule has 16 heavy (non-hydrogen) atoms. The van der Waals surface area contributed by atoms with Gasteiger partial charge >= 0.3 is 11.9 Å². The zero-order chi connectivity index (χ0) is 12.8. The predicted octanol–water partition coefficient (Wildman–Crippen LogP) is 0.999. The Kier molecular flexibility index (Phi) is 6.03. The molecule has 0 aromatic heterocycles. The molecule has 0 bridgehead atoms. The molecule has 0 aromatic rings. The van der Waals surface area contributed by atoms with Crippen molar-refractivity contribution in [3.05, 3.63) is 0 Å². The first-order valence-corrected chi connectivity index (χ1v) is 5.42. The van der Waals surface area contributed by atoms with Crippen molar-refractivity contribution < 1.29 is 19.1 Å². The molecule has 5 nitrogen and oxygen atoms in total. The van der Waals surface area contributed by atoms with Crippen LogP contribution in [-0.2, 0) is 19.1 Å². The van der Waals surface area contributed by atoms with Crippen LogP contribution >= 0.6 is 0 Å². The van der Waals surface area contributed by atoms with Crippen LogP contribution < -0.4 is 5.73 Å². The van der Waals surface area contributed by atoms with Crippen molar-refractivity contribution in [2.24, 2.45) is 5.73 Å². The first-order chi connectivity index (χ1) is 7.30. The third-order valence-corrected chi connectivity index (χ3v) is 1.66. The molecule has 94 valence electrons. The van der Waals surface area contributed by atoms with E-state index in [0.717, 1.165) is 6.42 Å². The predicted molar refractivity (Wildman–Crippen MR) is 59.7 cm³/mol. The average molecular weight is 231 g/mol. The van der Waals surface area contributed by atoms with Crippen molar-refractivity contribution in [1.29, 1.82) is 0 Å². The first-order valence-electron chi connectivity index (χ1n) is 5.42. The second-order valence-electron chi connectivity index (χ2n) is 4.50. The van der Waals surface area contributed by atoms with Crippen LogP contribution in [0.1, 0.15) is 40.5 Å². The van der Waals surface area contributed by atoms with Crippen LogP contribution in [0.2, 0.25) is 0 Å². The summed E-state index contributed by atoms with van der Waals surface area (Å²) in [5.74, 6) is -1.11. The van der Waals surface area contributed by atoms with E-state index >= 15 is 0 Å². The number of ether oxygens (including phenoxy) is 2. The minimum absolute atomic E-state index is 0.233. The van der Waals surface area contributed by atoms with E-state index in [-0.39, 0.29) is 6.54 Å². The molecule has 2 N–H and O–H groups in total. The van der Waals surface area contributed by atoms with Crippen LogP contribution in [0.5, 0.6) is 0 Å². The number of carbonyl (C=O) groups is 2. The molecule has 0 spiro atoms. The molecule has 0 amide bonds. The van der Waals surface area contributed by atoms with Gasteiger partial charge in [0.1, 0.15) is 5.60 Å². The van der Waals surface area contributed by atoms with E-state index in [9.17, 15) is 9.59 Å². The first kappa shape index (κ1) is 14.9. The molecule has 0 saturated heterocycles. The fourth-order valence-electron chi connectivity index (χ4n) is 1.06. The Morgan fingerprint density at radius 2 is 1.88 bits per heavy atom. The number of nitrogens with two attached hydrogens (primary N) is 1. The van der Waals surface area contributed by atoms with Crippen molar-refractivity contribution in [2.75, 3.05) is 6.54 Å². The Bertz CT molecular complexity index is 245. The average Bonchev–Trinajstić information content (AvgIpc) is 2.14. The van der Waals surface area contributed by atoms with E-state index < -0.39 is 23.6 Å². The van der Waals surface area contributed by atoms with Gasteiger partial charge in [0, 0.05) is 0 Å². The lowest BCUT2D eigenvalue weighted by molar-refractivity contribution is -0.175. The zero-order valence-corrected chi connectivity index (χ0v) is 10.4. The maximum atomic E-state index is 11.7. The maximum absolute atomic E-state index is 11.7. The van der Waals surface area contributed by atoms with Gasteiger partial charge in [0.25, 0.3) is 0 Å². The molecule has 0 aliphatic heterocycles. The summed E-state index contributed by atoms with van der Waals surface area (Å²) in [6.45, 7) is 6.95. The molecular weight excluding hydrogens is 210 g/mol. The van der Waals surface area contributed by atoms with Crippen LogP contribution in [0.4, 0.5) is 0 Å². The Balaban J connectivity index is 4.40. The Labute approximate surface area is 96.3 Å². The lowest BCUT2D eigenvalue weighted by atomic mass is 10.1. The van der Waals surface area contributed by atoms with Gasteiger partial charge in [0.2, 0.25) is 0 Å². The van der Waals surface area contributed by atoms with E-state index in [4.69, 9.17) is 15.2 Å². The molecule has 0 saturated carbocycles. The summed E-state index contributed by atoms with van der Waals surface area (Å²) in [6, 6.07) is 0. The van der Waals surface area contributed by atoms with Gasteiger partial charge in [-0.25, -0.2) is 4.79 Å². The second-order valence-corrected chi connectivity index (χ2v) is 4.50. The van der Waals surface area contributed by atoms with Gasteiger partial charge in [-0.3, -0.25) is 4.79 Å². The monoisotopic (exact) mass is 231 g/mol. The van der Waals surface area contributed by atoms with Crippen LogP contribution in [-0.4, -0.2) is 30.2 Å².